The molecule has 1 amide bonds. The Morgan fingerprint density at radius 2 is 1.82 bits per heavy atom. The fourth-order valence-electron chi connectivity index (χ4n) is 4.30. The van der Waals surface area contributed by atoms with Crippen molar-refractivity contribution in [2.24, 2.45) is 0 Å². The van der Waals surface area contributed by atoms with Crippen molar-refractivity contribution in [1.82, 2.24) is 9.62 Å². The Bertz CT molecular complexity index is 1240. The van der Waals surface area contributed by atoms with Gasteiger partial charge in [0.1, 0.15) is 0 Å². The quantitative estimate of drug-likeness (QED) is 0.513. The maximum atomic E-state index is 13.5. The van der Waals surface area contributed by atoms with Gasteiger partial charge in [0, 0.05) is 11.6 Å². The van der Waals surface area contributed by atoms with Crippen molar-refractivity contribution in [2.45, 2.75) is 43.7 Å². The lowest BCUT2D eigenvalue weighted by atomic mass is 9.88. The normalized spacial score (nSPS) is 15.8. The van der Waals surface area contributed by atoms with E-state index in [9.17, 15) is 13.2 Å². The van der Waals surface area contributed by atoms with Crippen LogP contribution in [0.4, 0.5) is 0 Å². The molecule has 1 aliphatic carbocycles. The van der Waals surface area contributed by atoms with Crippen molar-refractivity contribution in [3.8, 4) is 0 Å². The van der Waals surface area contributed by atoms with Crippen molar-refractivity contribution in [1.29, 1.82) is 0 Å². The van der Waals surface area contributed by atoms with Crippen LogP contribution >= 0.6 is 11.6 Å². The fraction of sp³-hybridized carbons (Fsp3) is 0.269. The van der Waals surface area contributed by atoms with Gasteiger partial charge < -0.3 is 5.32 Å². The van der Waals surface area contributed by atoms with E-state index in [1.54, 1.807) is 0 Å². The van der Waals surface area contributed by atoms with E-state index in [4.69, 9.17) is 11.6 Å². The molecule has 0 bridgehead atoms. The summed E-state index contributed by atoms with van der Waals surface area (Å²) < 4.78 is 28.2. The number of rotatable bonds is 7. The third-order valence-corrected chi connectivity index (χ3v) is 7.98. The molecule has 1 atom stereocenters. The molecular formula is C26H27ClN2O3S. The molecule has 172 valence electrons. The first-order valence-corrected chi connectivity index (χ1v) is 12.8. The molecule has 1 aliphatic rings. The van der Waals surface area contributed by atoms with E-state index in [2.05, 4.69) is 11.4 Å². The molecular weight excluding hydrogens is 456 g/mol. The van der Waals surface area contributed by atoms with Crippen LogP contribution in [0.3, 0.4) is 0 Å². The monoisotopic (exact) mass is 482 g/mol. The minimum Gasteiger partial charge on any atom is -0.348 e. The van der Waals surface area contributed by atoms with Gasteiger partial charge in [-0.1, -0.05) is 65.7 Å². The highest BCUT2D eigenvalue weighted by atomic mass is 35.5. The Balaban J connectivity index is 1.58. The molecule has 4 rings (SSSR count). The van der Waals surface area contributed by atoms with Crippen LogP contribution in [0.1, 0.15) is 41.1 Å². The SMILES string of the molecule is Cc1cccc(CN(CC(=O)NC2CCCc3ccccc32)S(=O)(=O)c2ccc(Cl)cc2)c1. The fourth-order valence-corrected chi connectivity index (χ4v) is 5.81. The number of amides is 1. The molecule has 1 N–H and O–H groups in total. The number of sulfonamides is 1. The van der Waals surface area contributed by atoms with Crippen LogP contribution in [-0.2, 0) is 27.8 Å². The summed E-state index contributed by atoms with van der Waals surface area (Å²) in [7, 11) is -3.91. The third-order valence-electron chi connectivity index (χ3n) is 5.92. The van der Waals surface area contributed by atoms with Crippen LogP contribution < -0.4 is 5.32 Å². The molecule has 0 radical (unpaired) electrons. The third kappa shape index (κ3) is 5.64. The predicted octanol–water partition coefficient (Wildman–Crippen LogP) is 5.03. The van der Waals surface area contributed by atoms with Gasteiger partial charge in [-0.25, -0.2) is 8.42 Å². The Morgan fingerprint density at radius 3 is 2.58 bits per heavy atom. The molecule has 3 aromatic rings. The molecule has 7 heteroatoms. The summed E-state index contributed by atoms with van der Waals surface area (Å²) in [6.45, 7) is 1.79. The first-order chi connectivity index (χ1) is 15.8. The van der Waals surface area contributed by atoms with E-state index in [1.807, 2.05) is 49.4 Å². The maximum absolute atomic E-state index is 13.5. The summed E-state index contributed by atoms with van der Waals surface area (Å²) in [4.78, 5) is 13.2. The van der Waals surface area contributed by atoms with Gasteiger partial charge in [0.05, 0.1) is 17.5 Å². The van der Waals surface area contributed by atoms with Gasteiger partial charge in [0.15, 0.2) is 0 Å². The first kappa shape index (κ1) is 23.5. The summed E-state index contributed by atoms with van der Waals surface area (Å²) in [6.07, 6.45) is 2.82. The minimum absolute atomic E-state index is 0.0985. The van der Waals surface area contributed by atoms with Gasteiger partial charge in [0.25, 0.3) is 0 Å². The van der Waals surface area contributed by atoms with E-state index in [0.29, 0.717) is 5.02 Å². The standard InChI is InChI=1S/C26H27ClN2O3S/c1-19-6-4-7-20(16-19)17-29(33(31,32)23-14-12-22(27)13-15-23)18-26(30)28-25-11-5-9-21-8-2-3-10-24(21)25/h2-4,6-8,10,12-16,25H,5,9,11,17-18H2,1H3,(H,28,30). The van der Waals surface area contributed by atoms with Gasteiger partial charge in [-0.05, 0) is 67.1 Å². The van der Waals surface area contributed by atoms with Gasteiger partial charge in [-0.3, -0.25) is 4.79 Å². The number of hydrogen-bond acceptors (Lipinski definition) is 3. The molecule has 0 saturated heterocycles. The zero-order chi connectivity index (χ0) is 23.4. The van der Waals surface area contributed by atoms with E-state index in [1.165, 1.54) is 34.1 Å². The lowest BCUT2D eigenvalue weighted by Gasteiger charge is -2.28. The number of carbonyl (C=O) groups excluding carboxylic acids is 1. The van der Waals surface area contributed by atoms with E-state index >= 15 is 0 Å². The van der Waals surface area contributed by atoms with Crippen molar-refractivity contribution in [3.05, 3.63) is 100 Å². The smallest absolute Gasteiger partial charge is 0.243 e. The van der Waals surface area contributed by atoms with Crippen LogP contribution in [0.5, 0.6) is 0 Å². The van der Waals surface area contributed by atoms with Crippen molar-refractivity contribution in [3.63, 3.8) is 0 Å². The summed E-state index contributed by atoms with van der Waals surface area (Å²) >= 11 is 5.95. The largest absolute Gasteiger partial charge is 0.348 e. The van der Waals surface area contributed by atoms with Gasteiger partial charge in [-0.15, -0.1) is 0 Å². The molecule has 0 spiro atoms. The highest BCUT2D eigenvalue weighted by Crippen LogP contribution is 2.29. The molecule has 1 unspecified atom stereocenters. The number of hydrogen-bond donors (Lipinski definition) is 1. The van der Waals surface area contributed by atoms with E-state index in [0.717, 1.165) is 36.0 Å². The number of benzene rings is 3. The number of nitrogens with one attached hydrogen (secondary N) is 1. The number of carbonyl (C=O) groups is 1. The lowest BCUT2D eigenvalue weighted by Crippen LogP contribution is -2.42. The molecule has 3 aromatic carbocycles. The lowest BCUT2D eigenvalue weighted by molar-refractivity contribution is -0.122. The van der Waals surface area contributed by atoms with Crippen molar-refractivity contribution >= 4 is 27.5 Å². The molecule has 5 nitrogen and oxygen atoms in total. The van der Waals surface area contributed by atoms with Crippen molar-refractivity contribution < 1.29 is 13.2 Å². The second-order valence-electron chi connectivity index (χ2n) is 8.43. The predicted molar refractivity (Wildman–Crippen MR) is 130 cm³/mol. The number of halogens is 1. The average molecular weight is 483 g/mol. The van der Waals surface area contributed by atoms with Crippen LogP contribution in [0.2, 0.25) is 5.02 Å². The van der Waals surface area contributed by atoms with Crippen molar-refractivity contribution in [2.75, 3.05) is 6.54 Å². The van der Waals surface area contributed by atoms with Crippen LogP contribution in [0.25, 0.3) is 0 Å². The molecule has 0 aromatic heterocycles. The van der Waals surface area contributed by atoms with Gasteiger partial charge in [-0.2, -0.15) is 4.31 Å². The Hall–Kier alpha value is -2.67. The Morgan fingerprint density at radius 1 is 1.06 bits per heavy atom. The zero-order valence-electron chi connectivity index (χ0n) is 18.5. The number of nitrogens with zero attached hydrogens (tertiary/aromatic N) is 1. The summed E-state index contributed by atoms with van der Waals surface area (Å²) in [5.41, 5.74) is 4.20. The Kier molecular flexibility index (Phi) is 7.17. The molecule has 0 fully saturated rings. The maximum Gasteiger partial charge on any atom is 0.243 e. The van der Waals surface area contributed by atoms with Crippen LogP contribution in [0, 0.1) is 6.92 Å². The van der Waals surface area contributed by atoms with Gasteiger partial charge in [0.2, 0.25) is 15.9 Å². The summed E-state index contributed by atoms with van der Waals surface area (Å²) in [5.74, 6) is -0.318. The summed E-state index contributed by atoms with van der Waals surface area (Å²) in [6, 6.07) is 21.6. The van der Waals surface area contributed by atoms with E-state index in [-0.39, 0.29) is 29.9 Å². The highest BCUT2D eigenvalue weighted by molar-refractivity contribution is 7.89. The van der Waals surface area contributed by atoms with Crippen LogP contribution in [-0.4, -0.2) is 25.2 Å². The number of aryl methyl sites for hydroxylation is 2. The molecule has 0 aliphatic heterocycles. The summed E-state index contributed by atoms with van der Waals surface area (Å²) in [5, 5.41) is 3.52. The van der Waals surface area contributed by atoms with Gasteiger partial charge >= 0.3 is 0 Å². The van der Waals surface area contributed by atoms with E-state index < -0.39 is 10.0 Å². The molecule has 33 heavy (non-hydrogen) atoms. The first-order valence-electron chi connectivity index (χ1n) is 11.0. The zero-order valence-corrected chi connectivity index (χ0v) is 20.1. The second-order valence-corrected chi connectivity index (χ2v) is 10.8. The highest BCUT2D eigenvalue weighted by Gasteiger charge is 2.29. The average Bonchev–Trinajstić information content (AvgIpc) is 2.79. The minimum atomic E-state index is -3.91. The number of fused-ring (bicyclic) bond motifs is 1. The van der Waals surface area contributed by atoms with Crippen LogP contribution in [0.15, 0.2) is 77.7 Å². The molecule has 0 saturated carbocycles. The Labute approximate surface area is 200 Å². The topological polar surface area (TPSA) is 66.5 Å². The molecule has 0 heterocycles. The second kappa shape index (κ2) is 10.1.